The first kappa shape index (κ1) is 12.0. The molecule has 2 heteroatoms. The molecule has 0 aliphatic carbocycles. The number of nitrogens with two attached hydrogens (primary N) is 1. The van der Waals surface area contributed by atoms with Gasteiger partial charge in [0.05, 0.1) is 0 Å². The first-order valence-electron chi connectivity index (χ1n) is 5.62. The summed E-state index contributed by atoms with van der Waals surface area (Å²) in [6.07, 6.45) is 0. The van der Waals surface area contributed by atoms with Crippen LogP contribution in [0.1, 0.15) is 16.7 Å². The fraction of sp³-hybridized carbons (Fsp3) is 0.200. The molecular weight excluding hydrogens is 230 g/mol. The van der Waals surface area contributed by atoms with Crippen LogP contribution in [0, 0.1) is 20.8 Å². The molecule has 2 N–H and O–H groups in total. The van der Waals surface area contributed by atoms with E-state index >= 15 is 0 Å². The zero-order valence-corrected chi connectivity index (χ0v) is 11.1. The van der Waals surface area contributed by atoms with Crippen molar-refractivity contribution in [2.45, 2.75) is 20.8 Å². The van der Waals surface area contributed by atoms with E-state index < -0.39 is 0 Å². The van der Waals surface area contributed by atoms with Gasteiger partial charge in [-0.2, -0.15) is 0 Å². The van der Waals surface area contributed by atoms with Crippen LogP contribution in [-0.2, 0) is 0 Å². The Labute approximate surface area is 107 Å². The third kappa shape index (κ3) is 2.29. The lowest BCUT2D eigenvalue weighted by atomic mass is 9.96. The van der Waals surface area contributed by atoms with Crippen molar-refractivity contribution in [1.29, 1.82) is 0 Å². The maximum absolute atomic E-state index is 6.32. The molecule has 0 unspecified atom stereocenters. The number of hydrogen-bond donors (Lipinski definition) is 1. The number of halogens is 1. The average molecular weight is 246 g/mol. The second-order valence-electron chi connectivity index (χ2n) is 4.49. The molecule has 0 bridgehead atoms. The number of benzene rings is 2. The molecule has 0 radical (unpaired) electrons. The van der Waals surface area contributed by atoms with Gasteiger partial charge in [-0.1, -0.05) is 17.7 Å². The Morgan fingerprint density at radius 3 is 2.18 bits per heavy atom. The SMILES string of the molecule is Cc1cc(Cl)c(-c2cc(N)ccc2C)cc1C. The van der Waals surface area contributed by atoms with Crippen LogP contribution in [0.3, 0.4) is 0 Å². The molecule has 0 saturated heterocycles. The molecule has 0 fully saturated rings. The molecule has 0 amide bonds. The summed E-state index contributed by atoms with van der Waals surface area (Å²) in [4.78, 5) is 0. The largest absolute Gasteiger partial charge is 0.399 e. The zero-order chi connectivity index (χ0) is 12.6. The smallest absolute Gasteiger partial charge is 0.0487 e. The predicted molar refractivity (Wildman–Crippen MR) is 75.5 cm³/mol. The molecule has 17 heavy (non-hydrogen) atoms. The van der Waals surface area contributed by atoms with Crippen molar-refractivity contribution >= 4 is 17.3 Å². The van der Waals surface area contributed by atoms with Crippen LogP contribution < -0.4 is 5.73 Å². The number of hydrogen-bond acceptors (Lipinski definition) is 1. The lowest BCUT2D eigenvalue weighted by Gasteiger charge is -2.12. The molecule has 0 aromatic heterocycles. The van der Waals surface area contributed by atoms with Crippen LogP contribution in [0.4, 0.5) is 5.69 Å². The summed E-state index contributed by atoms with van der Waals surface area (Å²) in [7, 11) is 0. The monoisotopic (exact) mass is 245 g/mol. The molecule has 2 aromatic rings. The van der Waals surface area contributed by atoms with Gasteiger partial charge in [-0.15, -0.1) is 0 Å². The minimum Gasteiger partial charge on any atom is -0.399 e. The lowest BCUT2D eigenvalue weighted by Crippen LogP contribution is -1.91. The highest BCUT2D eigenvalue weighted by molar-refractivity contribution is 6.33. The highest BCUT2D eigenvalue weighted by atomic mass is 35.5. The van der Waals surface area contributed by atoms with E-state index in [1.54, 1.807) is 0 Å². The average Bonchev–Trinajstić information content (AvgIpc) is 2.27. The standard InChI is InChI=1S/C15H16ClN/c1-9-4-5-12(17)8-13(9)14-6-10(2)11(3)7-15(14)16/h4-8H,17H2,1-3H3. The molecule has 0 aliphatic heterocycles. The molecule has 1 nitrogen and oxygen atoms in total. The molecule has 2 rings (SSSR count). The highest BCUT2D eigenvalue weighted by Crippen LogP contribution is 2.33. The first-order chi connectivity index (χ1) is 7.99. The van der Waals surface area contributed by atoms with E-state index in [1.165, 1.54) is 16.7 Å². The number of rotatable bonds is 1. The highest BCUT2D eigenvalue weighted by Gasteiger charge is 2.08. The summed E-state index contributed by atoms with van der Waals surface area (Å²) in [5.74, 6) is 0. The summed E-state index contributed by atoms with van der Waals surface area (Å²) in [5.41, 5.74) is 12.4. The number of nitrogen functional groups attached to an aromatic ring is 1. The molecule has 0 aliphatic rings. The summed E-state index contributed by atoms with van der Waals surface area (Å²) < 4.78 is 0. The third-order valence-corrected chi connectivity index (χ3v) is 3.45. The summed E-state index contributed by atoms with van der Waals surface area (Å²) in [6, 6.07) is 10.0. The Morgan fingerprint density at radius 2 is 1.47 bits per heavy atom. The predicted octanol–water partition coefficient (Wildman–Crippen LogP) is 4.51. The third-order valence-electron chi connectivity index (χ3n) is 3.14. The van der Waals surface area contributed by atoms with Crippen molar-refractivity contribution in [3.8, 4) is 11.1 Å². The van der Waals surface area contributed by atoms with Crippen molar-refractivity contribution in [3.63, 3.8) is 0 Å². The van der Waals surface area contributed by atoms with Crippen LogP contribution in [0.5, 0.6) is 0 Å². The van der Waals surface area contributed by atoms with Gasteiger partial charge in [0.2, 0.25) is 0 Å². The summed E-state index contributed by atoms with van der Waals surface area (Å²) in [6.45, 7) is 6.23. The Balaban J connectivity index is 2.68. The van der Waals surface area contributed by atoms with E-state index in [0.717, 1.165) is 21.8 Å². The normalized spacial score (nSPS) is 10.6. The molecule has 2 aromatic carbocycles. The van der Waals surface area contributed by atoms with E-state index in [-0.39, 0.29) is 0 Å². The molecule has 0 spiro atoms. The van der Waals surface area contributed by atoms with Crippen molar-refractivity contribution in [2.75, 3.05) is 5.73 Å². The second kappa shape index (κ2) is 4.42. The molecule has 0 saturated carbocycles. The second-order valence-corrected chi connectivity index (χ2v) is 4.90. The van der Waals surface area contributed by atoms with Crippen LogP contribution >= 0.6 is 11.6 Å². The molecular formula is C15H16ClN. The Hall–Kier alpha value is -1.47. The van der Waals surface area contributed by atoms with Gasteiger partial charge >= 0.3 is 0 Å². The lowest BCUT2D eigenvalue weighted by molar-refractivity contribution is 1.33. The van der Waals surface area contributed by atoms with Gasteiger partial charge in [0.15, 0.2) is 0 Å². The van der Waals surface area contributed by atoms with Crippen molar-refractivity contribution in [1.82, 2.24) is 0 Å². The maximum atomic E-state index is 6.32. The van der Waals surface area contributed by atoms with E-state index in [9.17, 15) is 0 Å². The van der Waals surface area contributed by atoms with E-state index in [1.807, 2.05) is 24.3 Å². The van der Waals surface area contributed by atoms with Gasteiger partial charge in [-0.05, 0) is 67.3 Å². The minimum atomic E-state index is 0.764. The van der Waals surface area contributed by atoms with E-state index in [2.05, 4.69) is 26.8 Å². The Bertz CT molecular complexity index is 573. The van der Waals surface area contributed by atoms with Gasteiger partial charge in [-0.3, -0.25) is 0 Å². The van der Waals surface area contributed by atoms with Crippen LogP contribution in [0.15, 0.2) is 30.3 Å². The number of anilines is 1. The number of aryl methyl sites for hydroxylation is 3. The van der Waals surface area contributed by atoms with Crippen LogP contribution in [-0.4, -0.2) is 0 Å². The van der Waals surface area contributed by atoms with Crippen LogP contribution in [0.25, 0.3) is 11.1 Å². The van der Waals surface area contributed by atoms with E-state index in [4.69, 9.17) is 17.3 Å². The quantitative estimate of drug-likeness (QED) is 0.735. The molecule has 0 atom stereocenters. The van der Waals surface area contributed by atoms with Gasteiger partial charge in [0, 0.05) is 16.3 Å². The van der Waals surface area contributed by atoms with Crippen molar-refractivity contribution in [2.24, 2.45) is 0 Å². The zero-order valence-electron chi connectivity index (χ0n) is 10.3. The van der Waals surface area contributed by atoms with Gasteiger partial charge < -0.3 is 5.73 Å². The Kier molecular flexibility index (Phi) is 3.12. The van der Waals surface area contributed by atoms with E-state index in [0.29, 0.717) is 0 Å². The summed E-state index contributed by atoms with van der Waals surface area (Å²) in [5, 5.41) is 0.779. The van der Waals surface area contributed by atoms with Gasteiger partial charge in [0.1, 0.15) is 0 Å². The van der Waals surface area contributed by atoms with Gasteiger partial charge in [0.25, 0.3) is 0 Å². The summed E-state index contributed by atoms with van der Waals surface area (Å²) >= 11 is 6.32. The Morgan fingerprint density at radius 1 is 0.824 bits per heavy atom. The van der Waals surface area contributed by atoms with Crippen molar-refractivity contribution in [3.05, 3.63) is 52.0 Å². The van der Waals surface area contributed by atoms with Crippen molar-refractivity contribution < 1.29 is 0 Å². The molecule has 0 heterocycles. The van der Waals surface area contributed by atoms with Gasteiger partial charge in [-0.25, -0.2) is 0 Å². The fourth-order valence-corrected chi connectivity index (χ4v) is 2.24. The fourth-order valence-electron chi connectivity index (χ4n) is 1.92. The minimum absolute atomic E-state index is 0.764. The first-order valence-corrected chi connectivity index (χ1v) is 6.00. The topological polar surface area (TPSA) is 26.0 Å². The molecule has 88 valence electrons. The van der Waals surface area contributed by atoms with Crippen LogP contribution in [0.2, 0.25) is 5.02 Å². The maximum Gasteiger partial charge on any atom is 0.0487 e.